The number of para-hydroxylation sites is 1. The Kier molecular flexibility index (Phi) is 4.10. The number of benzene rings is 2. The average molecular weight is 388 g/mol. The Hall–Kier alpha value is -2.16. The van der Waals surface area contributed by atoms with Crippen LogP contribution < -0.4 is 4.72 Å². The first kappa shape index (κ1) is 16.3. The molecule has 4 aromatic rings. The molecule has 0 saturated carbocycles. The minimum atomic E-state index is -3.71. The summed E-state index contributed by atoms with van der Waals surface area (Å²) in [7, 11) is -3.71. The smallest absolute Gasteiger partial charge is 0.262 e. The van der Waals surface area contributed by atoms with Crippen LogP contribution in [0.3, 0.4) is 0 Å². The van der Waals surface area contributed by atoms with E-state index in [-0.39, 0.29) is 4.90 Å². The van der Waals surface area contributed by atoms with Crippen LogP contribution >= 0.6 is 23.1 Å². The summed E-state index contributed by atoms with van der Waals surface area (Å²) in [4.78, 5) is 8.93. The van der Waals surface area contributed by atoms with Gasteiger partial charge in [0.25, 0.3) is 10.0 Å². The van der Waals surface area contributed by atoms with Gasteiger partial charge in [-0.3, -0.25) is 9.71 Å². The highest BCUT2D eigenvalue weighted by atomic mass is 32.2. The van der Waals surface area contributed by atoms with Crippen LogP contribution in [0.2, 0.25) is 0 Å². The zero-order valence-electron chi connectivity index (χ0n) is 13.1. The summed E-state index contributed by atoms with van der Waals surface area (Å²) in [6.07, 6.45) is 3.60. The van der Waals surface area contributed by atoms with E-state index in [1.165, 1.54) is 11.3 Å². The number of rotatable bonds is 4. The summed E-state index contributed by atoms with van der Waals surface area (Å²) in [6, 6.07) is 14.1. The van der Waals surface area contributed by atoms with Crippen LogP contribution in [-0.2, 0) is 10.0 Å². The minimum Gasteiger partial charge on any atom is -0.277 e. The van der Waals surface area contributed by atoms with Gasteiger partial charge in [0.15, 0.2) is 4.34 Å². The van der Waals surface area contributed by atoms with E-state index in [9.17, 15) is 8.42 Å². The molecule has 0 radical (unpaired) electrons. The van der Waals surface area contributed by atoms with Crippen LogP contribution in [0.1, 0.15) is 0 Å². The molecule has 0 atom stereocenters. The Morgan fingerprint density at radius 2 is 1.96 bits per heavy atom. The summed E-state index contributed by atoms with van der Waals surface area (Å²) < 4.78 is 30.0. The first-order valence-corrected chi connectivity index (χ1v) is 10.9. The molecule has 0 aliphatic rings. The molecule has 8 heteroatoms. The molecule has 4 rings (SSSR count). The van der Waals surface area contributed by atoms with Crippen molar-refractivity contribution in [3.8, 4) is 0 Å². The van der Waals surface area contributed by atoms with Crippen molar-refractivity contribution in [1.29, 1.82) is 0 Å². The molecule has 0 saturated heterocycles. The van der Waals surface area contributed by atoms with Crippen molar-refractivity contribution in [3.05, 3.63) is 54.7 Å². The van der Waals surface area contributed by atoms with E-state index in [1.54, 1.807) is 48.3 Å². The Morgan fingerprint density at radius 3 is 2.80 bits per heavy atom. The van der Waals surface area contributed by atoms with Gasteiger partial charge in [0.05, 0.1) is 26.3 Å². The molecule has 5 nitrogen and oxygen atoms in total. The molecule has 0 aliphatic carbocycles. The number of nitrogens with one attached hydrogen (secondary N) is 1. The minimum absolute atomic E-state index is 0.212. The molecule has 25 heavy (non-hydrogen) atoms. The van der Waals surface area contributed by atoms with Crippen molar-refractivity contribution < 1.29 is 8.42 Å². The molecule has 0 unspecified atom stereocenters. The fraction of sp³-hybridized carbons (Fsp3) is 0.0588. The first-order valence-electron chi connectivity index (χ1n) is 7.38. The zero-order chi connectivity index (χ0) is 17.4. The third-order valence-electron chi connectivity index (χ3n) is 3.70. The van der Waals surface area contributed by atoms with E-state index in [1.807, 2.05) is 24.5 Å². The van der Waals surface area contributed by atoms with E-state index < -0.39 is 10.0 Å². The normalized spacial score (nSPS) is 11.9. The number of nitrogens with zero attached hydrogens (tertiary/aromatic N) is 2. The number of aromatic nitrogens is 2. The Balaban J connectivity index is 1.76. The van der Waals surface area contributed by atoms with Gasteiger partial charge in [0.1, 0.15) is 0 Å². The largest absolute Gasteiger partial charge is 0.277 e. The van der Waals surface area contributed by atoms with E-state index >= 15 is 0 Å². The second kappa shape index (κ2) is 6.29. The van der Waals surface area contributed by atoms with Gasteiger partial charge in [-0.2, -0.15) is 0 Å². The lowest BCUT2D eigenvalue weighted by atomic mass is 10.2. The number of anilines is 1. The quantitative estimate of drug-likeness (QED) is 0.527. The highest BCUT2D eigenvalue weighted by Gasteiger charge is 2.17. The van der Waals surface area contributed by atoms with Crippen LogP contribution in [-0.4, -0.2) is 24.6 Å². The monoisotopic (exact) mass is 387 g/mol. The number of thioether (sulfide) groups is 1. The standard InChI is InChI=1S/C17H13N3O2S3/c1-23-17-19-13-8-7-12(10-15(13)24-17)25(21,22)20-14-6-2-4-11-5-3-9-18-16(11)14/h2-10,20H,1H3. The molecule has 2 heterocycles. The summed E-state index contributed by atoms with van der Waals surface area (Å²) in [5.74, 6) is 0. The summed E-state index contributed by atoms with van der Waals surface area (Å²) >= 11 is 3.03. The number of pyridine rings is 1. The Morgan fingerprint density at radius 1 is 1.12 bits per heavy atom. The van der Waals surface area contributed by atoms with Gasteiger partial charge in [0.2, 0.25) is 0 Å². The highest BCUT2D eigenvalue weighted by Crippen LogP contribution is 2.31. The predicted molar refractivity (Wildman–Crippen MR) is 104 cm³/mol. The molecule has 1 N–H and O–H groups in total. The molecule has 2 aromatic heterocycles. The van der Waals surface area contributed by atoms with E-state index in [0.29, 0.717) is 11.2 Å². The van der Waals surface area contributed by atoms with E-state index in [4.69, 9.17) is 0 Å². The predicted octanol–water partition coefficient (Wildman–Crippen LogP) is 4.37. The van der Waals surface area contributed by atoms with Crippen LogP contribution in [0.4, 0.5) is 5.69 Å². The number of fused-ring (bicyclic) bond motifs is 2. The van der Waals surface area contributed by atoms with Crippen LogP contribution in [0.5, 0.6) is 0 Å². The van der Waals surface area contributed by atoms with Gasteiger partial charge in [-0.05, 0) is 36.6 Å². The second-order valence-corrected chi connectivity index (χ2v) is 9.07. The van der Waals surface area contributed by atoms with Crippen LogP contribution in [0.15, 0.2) is 64.0 Å². The van der Waals surface area contributed by atoms with Crippen molar-refractivity contribution in [2.45, 2.75) is 9.24 Å². The highest BCUT2D eigenvalue weighted by molar-refractivity contribution is 8.00. The SMILES string of the molecule is CSc1nc2ccc(S(=O)(=O)Nc3cccc4cccnc34)cc2s1. The lowest BCUT2D eigenvalue weighted by Crippen LogP contribution is -2.13. The number of sulfonamides is 1. The molecule has 126 valence electrons. The van der Waals surface area contributed by atoms with E-state index in [0.717, 1.165) is 19.9 Å². The van der Waals surface area contributed by atoms with E-state index in [2.05, 4.69) is 14.7 Å². The summed E-state index contributed by atoms with van der Waals surface area (Å²) in [6.45, 7) is 0. The molecule has 0 amide bonds. The van der Waals surface area contributed by atoms with Crippen molar-refractivity contribution in [1.82, 2.24) is 9.97 Å². The topological polar surface area (TPSA) is 72.0 Å². The number of hydrogen-bond acceptors (Lipinski definition) is 6. The number of hydrogen-bond donors (Lipinski definition) is 1. The fourth-order valence-electron chi connectivity index (χ4n) is 2.53. The van der Waals surface area contributed by atoms with Gasteiger partial charge in [-0.15, -0.1) is 11.3 Å². The molecule has 0 bridgehead atoms. The van der Waals surface area contributed by atoms with Gasteiger partial charge < -0.3 is 0 Å². The maximum atomic E-state index is 12.8. The maximum Gasteiger partial charge on any atom is 0.262 e. The van der Waals surface area contributed by atoms with Crippen LogP contribution in [0, 0.1) is 0 Å². The van der Waals surface area contributed by atoms with Crippen molar-refractivity contribution in [2.24, 2.45) is 0 Å². The molecular formula is C17H13N3O2S3. The lowest BCUT2D eigenvalue weighted by molar-refractivity contribution is 0.601. The summed E-state index contributed by atoms with van der Waals surface area (Å²) in [5, 5.41) is 0.880. The third-order valence-corrected chi connectivity index (χ3v) is 7.07. The van der Waals surface area contributed by atoms with Gasteiger partial charge in [-0.1, -0.05) is 30.0 Å². The summed E-state index contributed by atoms with van der Waals surface area (Å²) in [5.41, 5.74) is 1.89. The molecular weight excluding hydrogens is 374 g/mol. The number of thiazole rings is 1. The second-order valence-electron chi connectivity index (χ2n) is 5.30. The van der Waals surface area contributed by atoms with Crippen molar-refractivity contribution in [3.63, 3.8) is 0 Å². The molecule has 0 aliphatic heterocycles. The van der Waals surface area contributed by atoms with Gasteiger partial charge >= 0.3 is 0 Å². The van der Waals surface area contributed by atoms with Crippen molar-refractivity contribution >= 4 is 59.9 Å². The van der Waals surface area contributed by atoms with Crippen molar-refractivity contribution in [2.75, 3.05) is 11.0 Å². The lowest BCUT2D eigenvalue weighted by Gasteiger charge is -2.10. The Labute approximate surface area is 153 Å². The molecule has 0 fully saturated rings. The van der Waals surface area contributed by atoms with Gasteiger partial charge in [-0.25, -0.2) is 13.4 Å². The fourth-order valence-corrected chi connectivity index (χ4v) is 5.22. The maximum absolute atomic E-state index is 12.8. The Bertz CT molecular complexity index is 1180. The zero-order valence-corrected chi connectivity index (χ0v) is 15.6. The van der Waals surface area contributed by atoms with Crippen LogP contribution in [0.25, 0.3) is 21.1 Å². The first-order chi connectivity index (χ1) is 12.1. The molecule has 0 spiro atoms. The van der Waals surface area contributed by atoms with Gasteiger partial charge in [0, 0.05) is 11.6 Å². The third kappa shape index (κ3) is 3.08. The molecule has 2 aromatic carbocycles. The average Bonchev–Trinajstić information content (AvgIpc) is 3.04.